The summed E-state index contributed by atoms with van der Waals surface area (Å²) in [5, 5.41) is 6.66. The number of thiophene rings is 1. The summed E-state index contributed by atoms with van der Waals surface area (Å²) in [6.07, 6.45) is 0. The number of rotatable bonds is 3. The maximum Gasteiger partial charge on any atom is 0.109 e. The smallest absolute Gasteiger partial charge is 0.109 e. The fourth-order valence-corrected chi connectivity index (χ4v) is 11.5. The van der Waals surface area contributed by atoms with E-state index in [1.807, 2.05) is 11.3 Å². The molecule has 0 bridgehead atoms. The van der Waals surface area contributed by atoms with Crippen molar-refractivity contribution < 1.29 is 0 Å². The molecule has 252 valence electrons. The van der Waals surface area contributed by atoms with Gasteiger partial charge in [-0.2, -0.15) is 0 Å². The molecule has 7 aromatic carbocycles. The molecule has 12 rings (SSSR count). The summed E-state index contributed by atoms with van der Waals surface area (Å²) in [5.74, 6) is 0. The third kappa shape index (κ3) is 3.63. The van der Waals surface area contributed by atoms with Crippen molar-refractivity contribution in [1.29, 1.82) is 0 Å². The van der Waals surface area contributed by atoms with E-state index in [9.17, 15) is 0 Å². The predicted molar refractivity (Wildman–Crippen MR) is 226 cm³/mol. The van der Waals surface area contributed by atoms with Crippen LogP contribution in [0.1, 0.15) is 49.9 Å². The highest BCUT2D eigenvalue weighted by molar-refractivity contribution is 7.25. The third-order valence-electron chi connectivity index (χ3n) is 12.7. The Labute approximate surface area is 312 Å². The topological polar surface area (TPSA) is 7.65 Å². The van der Waals surface area contributed by atoms with E-state index in [2.05, 4.69) is 183 Å². The summed E-state index contributed by atoms with van der Waals surface area (Å²) in [4.78, 5) is 3.87. The number of hydrogen-bond acceptors (Lipinski definition) is 2. The molecule has 0 radical (unpaired) electrons. The number of hydrogen-bond donors (Lipinski definition) is 0. The third-order valence-corrected chi connectivity index (χ3v) is 13.9. The van der Waals surface area contributed by atoms with E-state index in [0.717, 1.165) is 0 Å². The fraction of sp³-hybridized carbons (Fsp3) is 0.120. The van der Waals surface area contributed by atoms with E-state index in [0.29, 0.717) is 0 Å². The minimum absolute atomic E-state index is 0.0953. The number of anilines is 3. The number of nitrogens with zero attached hydrogens (tertiary/aromatic N) is 2. The lowest BCUT2D eigenvalue weighted by Crippen LogP contribution is -2.17. The van der Waals surface area contributed by atoms with Crippen LogP contribution in [0.5, 0.6) is 0 Å². The van der Waals surface area contributed by atoms with E-state index >= 15 is 0 Å². The highest BCUT2D eigenvalue weighted by Gasteiger charge is 2.39. The van der Waals surface area contributed by atoms with Crippen LogP contribution in [0, 0.1) is 0 Å². The second kappa shape index (κ2) is 9.95. The zero-order valence-corrected chi connectivity index (χ0v) is 31.0. The minimum Gasteiger partial charge on any atom is -0.310 e. The van der Waals surface area contributed by atoms with Crippen LogP contribution >= 0.6 is 11.3 Å². The molecule has 0 saturated heterocycles. The Balaban J connectivity index is 1.15. The Hall–Kier alpha value is -5.90. The highest BCUT2D eigenvalue weighted by Crippen LogP contribution is 2.56. The maximum atomic E-state index is 2.54. The number of aromatic nitrogens is 1. The van der Waals surface area contributed by atoms with Crippen molar-refractivity contribution in [2.45, 2.75) is 38.5 Å². The van der Waals surface area contributed by atoms with Gasteiger partial charge in [0.1, 0.15) is 4.83 Å². The highest BCUT2D eigenvalue weighted by atomic mass is 32.1. The Kier molecular flexibility index (Phi) is 5.56. The summed E-state index contributed by atoms with van der Waals surface area (Å²) in [6, 6.07) is 55.0. The summed E-state index contributed by atoms with van der Waals surface area (Å²) < 4.78 is 3.87. The predicted octanol–water partition coefficient (Wildman–Crippen LogP) is 14.1. The molecule has 2 aliphatic carbocycles. The molecule has 0 fully saturated rings. The van der Waals surface area contributed by atoms with Gasteiger partial charge in [-0.1, -0.05) is 131 Å². The lowest BCUT2D eigenvalue weighted by Gasteiger charge is -2.30. The van der Waals surface area contributed by atoms with Gasteiger partial charge in [0.15, 0.2) is 0 Å². The van der Waals surface area contributed by atoms with Gasteiger partial charge in [0, 0.05) is 59.4 Å². The maximum absolute atomic E-state index is 2.54. The first-order chi connectivity index (χ1) is 25.8. The van der Waals surface area contributed by atoms with Crippen LogP contribution in [0.4, 0.5) is 17.1 Å². The first-order valence-corrected chi connectivity index (χ1v) is 19.5. The van der Waals surface area contributed by atoms with Crippen LogP contribution in [-0.2, 0) is 10.8 Å². The monoisotopic (exact) mass is 696 g/mol. The quantitative estimate of drug-likeness (QED) is 0.178. The molecule has 0 atom stereocenters. The Morgan fingerprint density at radius 2 is 1.11 bits per heavy atom. The molecule has 0 amide bonds. The van der Waals surface area contributed by atoms with Gasteiger partial charge in [0.05, 0.1) is 16.7 Å². The lowest BCUT2D eigenvalue weighted by molar-refractivity contribution is 0.660. The van der Waals surface area contributed by atoms with Crippen molar-refractivity contribution >= 4 is 75.9 Å². The van der Waals surface area contributed by atoms with Crippen LogP contribution in [0.15, 0.2) is 146 Å². The van der Waals surface area contributed by atoms with Gasteiger partial charge < -0.3 is 4.90 Å². The van der Waals surface area contributed by atoms with Gasteiger partial charge >= 0.3 is 0 Å². The first-order valence-electron chi connectivity index (χ1n) is 18.7. The zero-order chi connectivity index (χ0) is 35.4. The number of benzene rings is 7. The van der Waals surface area contributed by atoms with Crippen molar-refractivity contribution in [2.24, 2.45) is 0 Å². The van der Waals surface area contributed by atoms with Crippen LogP contribution in [0.2, 0.25) is 0 Å². The SMILES string of the molecule is CC1(C)c2ccccc2-c2ccc(N(c3ccc4c(c3)c3cccc5c6c7ccccc7sc6n4c35)c3cccc4c3-c3ccccc3C4(C)C)cc21. The van der Waals surface area contributed by atoms with E-state index in [4.69, 9.17) is 0 Å². The summed E-state index contributed by atoms with van der Waals surface area (Å²) in [7, 11) is 0. The van der Waals surface area contributed by atoms with Gasteiger partial charge in [0.2, 0.25) is 0 Å². The van der Waals surface area contributed by atoms with E-state index in [1.54, 1.807) is 0 Å². The van der Waals surface area contributed by atoms with Crippen LogP contribution in [0.25, 0.3) is 69.7 Å². The van der Waals surface area contributed by atoms with Gasteiger partial charge in [-0.3, -0.25) is 4.40 Å². The lowest BCUT2D eigenvalue weighted by atomic mass is 9.82. The molecule has 3 heteroatoms. The van der Waals surface area contributed by atoms with Gasteiger partial charge in [-0.05, 0) is 81.4 Å². The fourth-order valence-electron chi connectivity index (χ4n) is 10.2. The zero-order valence-electron chi connectivity index (χ0n) is 30.2. The molecule has 10 aromatic rings. The van der Waals surface area contributed by atoms with E-state index in [1.165, 1.54) is 109 Å². The molecule has 0 aliphatic heterocycles. The molecule has 2 aliphatic rings. The number of fused-ring (bicyclic) bond motifs is 14. The van der Waals surface area contributed by atoms with E-state index in [-0.39, 0.29) is 10.8 Å². The molecule has 53 heavy (non-hydrogen) atoms. The Morgan fingerprint density at radius 3 is 1.98 bits per heavy atom. The van der Waals surface area contributed by atoms with Crippen molar-refractivity contribution in [1.82, 2.24) is 4.40 Å². The van der Waals surface area contributed by atoms with Crippen molar-refractivity contribution in [3.63, 3.8) is 0 Å². The Morgan fingerprint density at radius 1 is 0.491 bits per heavy atom. The average molecular weight is 697 g/mol. The molecule has 0 unspecified atom stereocenters. The second-order valence-electron chi connectivity index (χ2n) is 16.1. The minimum atomic E-state index is -0.104. The first kappa shape index (κ1) is 29.7. The molecular weight excluding hydrogens is 661 g/mol. The van der Waals surface area contributed by atoms with Gasteiger partial charge in [-0.25, -0.2) is 0 Å². The molecule has 3 aromatic heterocycles. The van der Waals surface area contributed by atoms with Crippen LogP contribution < -0.4 is 4.90 Å². The molecular formula is C50H36N2S. The summed E-state index contributed by atoms with van der Waals surface area (Å²) in [6.45, 7) is 9.51. The Bertz CT molecular complexity index is 3190. The van der Waals surface area contributed by atoms with Crippen molar-refractivity contribution in [3.8, 4) is 22.3 Å². The largest absolute Gasteiger partial charge is 0.310 e. The van der Waals surface area contributed by atoms with Crippen LogP contribution in [0.3, 0.4) is 0 Å². The summed E-state index contributed by atoms with van der Waals surface area (Å²) >= 11 is 1.90. The molecule has 0 spiro atoms. The second-order valence-corrected chi connectivity index (χ2v) is 17.2. The van der Waals surface area contributed by atoms with Crippen molar-refractivity contribution in [2.75, 3.05) is 4.90 Å². The van der Waals surface area contributed by atoms with E-state index < -0.39 is 0 Å². The van der Waals surface area contributed by atoms with Crippen molar-refractivity contribution in [3.05, 3.63) is 168 Å². The molecule has 3 heterocycles. The molecule has 2 nitrogen and oxygen atoms in total. The normalized spacial score (nSPS) is 15.1. The summed E-state index contributed by atoms with van der Waals surface area (Å²) in [5.41, 5.74) is 16.9. The molecule has 0 N–H and O–H groups in total. The average Bonchev–Trinajstić information content (AvgIpc) is 3.93. The standard InChI is InChI=1S/C50H36N2S/c1-49(2)39-19-9-6-14-34(39)46-40(49)20-12-21-43(46)51(30-23-25-32-31-13-5-8-18-38(31)50(3,4)41(32)28-30)29-24-26-42-37(27-29)33-16-11-17-36-45-35-15-7-10-22-44(35)53-48(45)52(42)47(33)36/h5-28H,1-4H3. The number of para-hydroxylation sites is 1. The van der Waals surface area contributed by atoms with Gasteiger partial charge in [-0.15, -0.1) is 11.3 Å². The molecule has 0 saturated carbocycles. The van der Waals surface area contributed by atoms with Gasteiger partial charge in [0.25, 0.3) is 0 Å². The van der Waals surface area contributed by atoms with Crippen LogP contribution in [-0.4, -0.2) is 4.40 Å².